The number of phenols is 1. The minimum atomic E-state index is -0.212. The summed E-state index contributed by atoms with van der Waals surface area (Å²) in [5.74, 6) is -0.180. The van der Waals surface area contributed by atoms with Crippen molar-refractivity contribution < 1.29 is 9.90 Å². The molecule has 0 aromatic heterocycles. The largest absolute Gasteiger partial charge is 0.507 e. The smallest absolute Gasteiger partial charge is 0.255 e. The first-order valence-electron chi connectivity index (χ1n) is 8.88. The van der Waals surface area contributed by atoms with Gasteiger partial charge in [-0.1, -0.05) is 38.1 Å². The molecule has 0 atom stereocenters. The molecule has 0 bridgehead atoms. The number of nitrogens with zero attached hydrogens (tertiary/aromatic N) is 1. The molecule has 0 aliphatic carbocycles. The van der Waals surface area contributed by atoms with E-state index in [1.54, 1.807) is 12.1 Å². The van der Waals surface area contributed by atoms with Crippen molar-refractivity contribution in [3.8, 4) is 5.75 Å². The van der Waals surface area contributed by atoms with Gasteiger partial charge in [0.1, 0.15) is 5.75 Å². The second-order valence-corrected chi connectivity index (χ2v) is 6.17. The molecule has 0 aliphatic rings. The first kappa shape index (κ1) is 18.3. The van der Waals surface area contributed by atoms with Gasteiger partial charge < -0.3 is 15.3 Å². The first-order chi connectivity index (χ1) is 11.7. The van der Waals surface area contributed by atoms with E-state index in [1.807, 2.05) is 24.3 Å². The quantitative estimate of drug-likeness (QED) is 0.689. The summed E-state index contributed by atoms with van der Waals surface area (Å²) in [7, 11) is 0. The van der Waals surface area contributed by atoms with E-state index < -0.39 is 0 Å². The standard InChI is InChI=1S/C20H28N2O2/c1-3-11-22(12-4-2)13-7-10-21-20(24)18-14-16-8-5-6-9-17(16)15-19(18)23/h5-6,8-9,14-15,23H,3-4,7,10-13H2,1-2H3,(H,21,24). The lowest BCUT2D eigenvalue weighted by molar-refractivity contribution is 0.0949. The van der Waals surface area contributed by atoms with E-state index in [2.05, 4.69) is 24.1 Å². The van der Waals surface area contributed by atoms with Gasteiger partial charge in [0.2, 0.25) is 0 Å². The van der Waals surface area contributed by atoms with Crippen LogP contribution in [0.15, 0.2) is 36.4 Å². The Morgan fingerprint density at radius 2 is 1.67 bits per heavy atom. The molecule has 130 valence electrons. The molecule has 1 amide bonds. The van der Waals surface area contributed by atoms with Crippen LogP contribution in [0.25, 0.3) is 10.8 Å². The molecule has 0 unspecified atom stereocenters. The maximum absolute atomic E-state index is 12.3. The van der Waals surface area contributed by atoms with Crippen LogP contribution in [0.3, 0.4) is 0 Å². The molecule has 4 nitrogen and oxygen atoms in total. The van der Waals surface area contributed by atoms with Gasteiger partial charge in [0.25, 0.3) is 5.91 Å². The van der Waals surface area contributed by atoms with Crippen LogP contribution in [0, 0.1) is 0 Å². The van der Waals surface area contributed by atoms with Crippen molar-refractivity contribution in [3.63, 3.8) is 0 Å². The van der Waals surface area contributed by atoms with E-state index in [0.717, 1.165) is 49.7 Å². The zero-order valence-electron chi connectivity index (χ0n) is 14.7. The second kappa shape index (κ2) is 9.28. The Labute approximate surface area is 144 Å². The summed E-state index contributed by atoms with van der Waals surface area (Å²) in [6, 6.07) is 11.1. The number of nitrogens with one attached hydrogen (secondary N) is 1. The Kier molecular flexibility index (Phi) is 7.07. The van der Waals surface area contributed by atoms with Gasteiger partial charge >= 0.3 is 0 Å². The van der Waals surface area contributed by atoms with E-state index in [9.17, 15) is 9.90 Å². The molecular formula is C20H28N2O2. The van der Waals surface area contributed by atoms with Crippen molar-refractivity contribution in [3.05, 3.63) is 42.0 Å². The molecule has 0 spiro atoms. The highest BCUT2D eigenvalue weighted by Crippen LogP contribution is 2.24. The van der Waals surface area contributed by atoms with Crippen molar-refractivity contribution in [2.75, 3.05) is 26.2 Å². The minimum Gasteiger partial charge on any atom is -0.507 e. The molecule has 0 radical (unpaired) electrons. The van der Waals surface area contributed by atoms with Crippen molar-refractivity contribution in [2.24, 2.45) is 0 Å². The van der Waals surface area contributed by atoms with Crippen molar-refractivity contribution >= 4 is 16.7 Å². The van der Waals surface area contributed by atoms with Crippen LogP contribution in [0.1, 0.15) is 43.5 Å². The molecule has 0 heterocycles. The molecule has 0 saturated carbocycles. The molecule has 2 N–H and O–H groups in total. The molecule has 0 aliphatic heterocycles. The number of carbonyl (C=O) groups excluding carboxylic acids is 1. The maximum Gasteiger partial charge on any atom is 0.255 e. The number of rotatable bonds is 9. The number of hydrogen-bond acceptors (Lipinski definition) is 3. The number of fused-ring (bicyclic) bond motifs is 1. The highest BCUT2D eigenvalue weighted by molar-refractivity contribution is 6.01. The molecule has 24 heavy (non-hydrogen) atoms. The topological polar surface area (TPSA) is 52.6 Å². The van der Waals surface area contributed by atoms with E-state index in [4.69, 9.17) is 0 Å². The fourth-order valence-corrected chi connectivity index (χ4v) is 2.98. The summed E-state index contributed by atoms with van der Waals surface area (Å²) < 4.78 is 0. The Morgan fingerprint density at radius 1 is 1.04 bits per heavy atom. The zero-order valence-corrected chi connectivity index (χ0v) is 14.7. The van der Waals surface area contributed by atoms with Crippen LogP contribution in [0.2, 0.25) is 0 Å². The average molecular weight is 328 g/mol. The summed E-state index contributed by atoms with van der Waals surface area (Å²) in [6.07, 6.45) is 3.22. The van der Waals surface area contributed by atoms with E-state index in [-0.39, 0.29) is 11.7 Å². The van der Waals surface area contributed by atoms with Gasteiger partial charge in [-0.05, 0) is 61.8 Å². The van der Waals surface area contributed by atoms with Gasteiger partial charge in [-0.3, -0.25) is 4.79 Å². The van der Waals surface area contributed by atoms with Crippen molar-refractivity contribution in [1.29, 1.82) is 0 Å². The number of amides is 1. The van der Waals surface area contributed by atoms with Crippen molar-refractivity contribution in [2.45, 2.75) is 33.1 Å². The summed E-state index contributed by atoms with van der Waals surface area (Å²) in [5.41, 5.74) is 0.340. The number of phenolic OH excluding ortho intramolecular Hbond substituents is 1. The van der Waals surface area contributed by atoms with Gasteiger partial charge in [-0.25, -0.2) is 0 Å². The molecule has 4 heteroatoms. The molecule has 2 rings (SSSR count). The monoisotopic (exact) mass is 328 g/mol. The Hall–Kier alpha value is -2.07. The Balaban J connectivity index is 1.89. The first-order valence-corrected chi connectivity index (χ1v) is 8.88. The lowest BCUT2D eigenvalue weighted by Gasteiger charge is -2.20. The Morgan fingerprint density at radius 3 is 2.29 bits per heavy atom. The number of benzene rings is 2. The van der Waals surface area contributed by atoms with Crippen molar-refractivity contribution in [1.82, 2.24) is 10.2 Å². The summed E-state index contributed by atoms with van der Waals surface area (Å²) >= 11 is 0. The lowest BCUT2D eigenvalue weighted by Crippen LogP contribution is -2.31. The third-order valence-electron chi connectivity index (χ3n) is 4.12. The molecular weight excluding hydrogens is 300 g/mol. The van der Waals surface area contributed by atoms with Crippen LogP contribution < -0.4 is 5.32 Å². The summed E-state index contributed by atoms with van der Waals surface area (Å²) in [6.45, 7) is 8.20. The van der Waals surface area contributed by atoms with Crippen LogP contribution in [0.4, 0.5) is 0 Å². The highest BCUT2D eigenvalue weighted by atomic mass is 16.3. The minimum absolute atomic E-state index is 0.0322. The maximum atomic E-state index is 12.3. The second-order valence-electron chi connectivity index (χ2n) is 6.17. The molecule has 0 fully saturated rings. The summed E-state index contributed by atoms with van der Waals surface area (Å²) in [5, 5.41) is 14.9. The molecule has 2 aromatic rings. The summed E-state index contributed by atoms with van der Waals surface area (Å²) in [4.78, 5) is 14.8. The third-order valence-corrected chi connectivity index (χ3v) is 4.12. The fourth-order valence-electron chi connectivity index (χ4n) is 2.98. The predicted octanol–water partition coefficient (Wildman–Crippen LogP) is 3.79. The van der Waals surface area contributed by atoms with Gasteiger partial charge in [0.15, 0.2) is 0 Å². The van der Waals surface area contributed by atoms with E-state index >= 15 is 0 Å². The van der Waals surface area contributed by atoms with Gasteiger partial charge in [0, 0.05) is 6.54 Å². The Bertz CT molecular complexity index is 664. The van der Waals surface area contributed by atoms with Crippen LogP contribution in [0.5, 0.6) is 5.75 Å². The van der Waals surface area contributed by atoms with Gasteiger partial charge in [-0.2, -0.15) is 0 Å². The normalized spacial score (nSPS) is 11.1. The SMILES string of the molecule is CCCN(CCC)CCCNC(=O)c1cc2ccccc2cc1O. The predicted molar refractivity (Wildman–Crippen MR) is 99.6 cm³/mol. The zero-order chi connectivity index (χ0) is 17.4. The number of hydrogen-bond donors (Lipinski definition) is 2. The lowest BCUT2D eigenvalue weighted by atomic mass is 10.1. The number of aromatic hydroxyl groups is 1. The third kappa shape index (κ3) is 4.96. The van der Waals surface area contributed by atoms with Crippen LogP contribution >= 0.6 is 0 Å². The van der Waals surface area contributed by atoms with E-state index in [0.29, 0.717) is 12.1 Å². The van der Waals surface area contributed by atoms with Crippen LogP contribution in [-0.4, -0.2) is 42.1 Å². The van der Waals surface area contributed by atoms with Gasteiger partial charge in [-0.15, -0.1) is 0 Å². The average Bonchev–Trinajstić information content (AvgIpc) is 2.58. The molecule has 0 saturated heterocycles. The van der Waals surface area contributed by atoms with Crippen LogP contribution in [-0.2, 0) is 0 Å². The van der Waals surface area contributed by atoms with E-state index in [1.165, 1.54) is 0 Å². The number of carbonyl (C=O) groups is 1. The fraction of sp³-hybridized carbons (Fsp3) is 0.450. The van der Waals surface area contributed by atoms with Gasteiger partial charge in [0.05, 0.1) is 5.56 Å². The molecule has 2 aromatic carbocycles. The highest BCUT2D eigenvalue weighted by Gasteiger charge is 2.12.